The second-order valence-electron chi connectivity index (χ2n) is 7.68. The van der Waals surface area contributed by atoms with Crippen LogP contribution < -0.4 is 4.74 Å². The molecule has 0 amide bonds. The van der Waals surface area contributed by atoms with Crippen molar-refractivity contribution >= 4 is 0 Å². The smallest absolute Gasteiger partial charge is 0.240 e. The molecule has 0 radical (unpaired) electrons. The van der Waals surface area contributed by atoms with Crippen molar-refractivity contribution in [3.8, 4) is 5.75 Å². The Morgan fingerprint density at radius 2 is 1.74 bits per heavy atom. The van der Waals surface area contributed by atoms with E-state index in [0.717, 1.165) is 13.1 Å². The summed E-state index contributed by atoms with van der Waals surface area (Å²) in [5.41, 5.74) is 4.00. The minimum atomic E-state index is -0.300. The Morgan fingerprint density at radius 3 is 2.58 bits per heavy atom. The van der Waals surface area contributed by atoms with Crippen LogP contribution in [0.3, 0.4) is 0 Å². The molecule has 4 aromatic rings. The highest BCUT2D eigenvalue weighted by atomic mass is 19.1. The first-order chi connectivity index (χ1) is 15.2. The molecule has 6 heteroatoms. The summed E-state index contributed by atoms with van der Waals surface area (Å²) in [4.78, 5) is 6.80. The predicted molar refractivity (Wildman–Crippen MR) is 114 cm³/mol. The zero-order valence-corrected chi connectivity index (χ0v) is 16.9. The maximum atomic E-state index is 13.0. The molecule has 0 aliphatic carbocycles. The lowest BCUT2D eigenvalue weighted by Gasteiger charge is -2.34. The summed E-state index contributed by atoms with van der Waals surface area (Å²) in [6.45, 7) is 2.46. The summed E-state index contributed by atoms with van der Waals surface area (Å²) in [6.07, 6.45) is 0. The molecule has 1 aliphatic rings. The number of ether oxygens (including phenoxy) is 1. The molecule has 3 aromatic carbocycles. The summed E-state index contributed by atoms with van der Waals surface area (Å²) in [5.74, 6) is 1.59. The van der Waals surface area contributed by atoms with Crippen LogP contribution in [0.4, 0.5) is 4.39 Å². The highest BCUT2D eigenvalue weighted by Crippen LogP contribution is 2.33. The van der Waals surface area contributed by atoms with Crippen LogP contribution >= 0.6 is 0 Å². The summed E-state index contributed by atoms with van der Waals surface area (Å²) in [7, 11) is 0. The van der Waals surface area contributed by atoms with Crippen LogP contribution in [0.1, 0.15) is 34.3 Å². The number of rotatable bonds is 6. The van der Waals surface area contributed by atoms with Crippen molar-refractivity contribution in [1.29, 1.82) is 0 Å². The molecule has 0 spiro atoms. The van der Waals surface area contributed by atoms with Gasteiger partial charge in [0.25, 0.3) is 0 Å². The van der Waals surface area contributed by atoms with E-state index in [1.165, 1.54) is 28.8 Å². The van der Waals surface area contributed by atoms with Crippen molar-refractivity contribution in [2.75, 3.05) is 6.54 Å². The SMILES string of the molecule is Fc1ccc(OCc2noc(CN3Cc4ccccc4C(c4ccccc4)C3)n2)cc1. The van der Waals surface area contributed by atoms with Crippen LogP contribution in [0.15, 0.2) is 83.4 Å². The number of halogens is 1. The van der Waals surface area contributed by atoms with E-state index in [1.54, 1.807) is 12.1 Å². The molecule has 0 bridgehead atoms. The van der Waals surface area contributed by atoms with Crippen LogP contribution in [-0.2, 0) is 19.7 Å². The summed E-state index contributed by atoms with van der Waals surface area (Å²) in [6, 6.07) is 25.0. The molecule has 0 fully saturated rings. The number of hydrogen-bond acceptors (Lipinski definition) is 5. The first-order valence-electron chi connectivity index (χ1n) is 10.3. The van der Waals surface area contributed by atoms with Gasteiger partial charge in [0, 0.05) is 19.0 Å². The minimum absolute atomic E-state index is 0.171. The van der Waals surface area contributed by atoms with Crippen LogP contribution in [0.25, 0.3) is 0 Å². The fourth-order valence-corrected chi connectivity index (χ4v) is 4.05. The molecule has 2 heterocycles. The molecular formula is C25H22FN3O2. The zero-order chi connectivity index (χ0) is 21.0. The van der Waals surface area contributed by atoms with Crippen LogP contribution in [0, 0.1) is 5.82 Å². The lowest BCUT2D eigenvalue weighted by Crippen LogP contribution is -2.33. The standard InChI is InChI=1S/C25H22FN3O2/c26-20-10-12-21(13-11-20)30-17-24-27-25(31-28-24)16-29-14-19-8-4-5-9-22(19)23(15-29)18-6-2-1-3-7-18/h1-13,23H,14-17H2. The number of benzene rings is 3. The molecule has 0 saturated heterocycles. The van der Waals surface area contributed by atoms with Crippen molar-refractivity contribution in [2.45, 2.75) is 25.6 Å². The number of fused-ring (bicyclic) bond motifs is 1. The minimum Gasteiger partial charge on any atom is -0.485 e. The van der Waals surface area contributed by atoms with Gasteiger partial charge in [0.15, 0.2) is 6.61 Å². The molecule has 156 valence electrons. The topological polar surface area (TPSA) is 51.4 Å². The van der Waals surface area contributed by atoms with Gasteiger partial charge in [-0.05, 0) is 41.0 Å². The van der Waals surface area contributed by atoms with E-state index >= 15 is 0 Å². The Kier molecular flexibility index (Phi) is 5.46. The lowest BCUT2D eigenvalue weighted by atomic mass is 9.85. The predicted octanol–water partition coefficient (Wildman–Crippen LogP) is 4.94. The average molecular weight is 415 g/mol. The largest absolute Gasteiger partial charge is 0.485 e. The fourth-order valence-electron chi connectivity index (χ4n) is 4.05. The van der Waals surface area contributed by atoms with Crippen molar-refractivity contribution in [2.24, 2.45) is 0 Å². The molecule has 1 unspecified atom stereocenters. The van der Waals surface area contributed by atoms with Crippen molar-refractivity contribution in [1.82, 2.24) is 15.0 Å². The molecule has 5 rings (SSSR count). The Hall–Kier alpha value is -3.51. The van der Waals surface area contributed by atoms with Gasteiger partial charge >= 0.3 is 0 Å². The second kappa shape index (κ2) is 8.70. The third-order valence-corrected chi connectivity index (χ3v) is 5.52. The van der Waals surface area contributed by atoms with E-state index in [9.17, 15) is 4.39 Å². The molecule has 1 aliphatic heterocycles. The van der Waals surface area contributed by atoms with E-state index in [-0.39, 0.29) is 12.4 Å². The molecule has 1 aromatic heterocycles. The maximum Gasteiger partial charge on any atom is 0.240 e. The maximum absolute atomic E-state index is 13.0. The molecule has 0 N–H and O–H groups in total. The van der Waals surface area contributed by atoms with Crippen LogP contribution in [0.2, 0.25) is 0 Å². The van der Waals surface area contributed by atoms with Gasteiger partial charge in [0.1, 0.15) is 11.6 Å². The number of aromatic nitrogens is 2. The fraction of sp³-hybridized carbons (Fsp3) is 0.200. The monoisotopic (exact) mass is 415 g/mol. The second-order valence-corrected chi connectivity index (χ2v) is 7.68. The van der Waals surface area contributed by atoms with E-state index in [1.807, 2.05) is 6.07 Å². The average Bonchev–Trinajstić information content (AvgIpc) is 3.26. The van der Waals surface area contributed by atoms with Gasteiger partial charge in [0.05, 0.1) is 6.54 Å². The van der Waals surface area contributed by atoms with Gasteiger partial charge in [-0.2, -0.15) is 4.98 Å². The Balaban J connectivity index is 1.28. The zero-order valence-electron chi connectivity index (χ0n) is 16.9. The van der Waals surface area contributed by atoms with E-state index in [2.05, 4.69) is 63.6 Å². The van der Waals surface area contributed by atoms with Gasteiger partial charge < -0.3 is 9.26 Å². The van der Waals surface area contributed by atoms with Gasteiger partial charge in [0.2, 0.25) is 11.7 Å². The van der Waals surface area contributed by atoms with Crippen LogP contribution in [-0.4, -0.2) is 21.6 Å². The molecule has 5 nitrogen and oxygen atoms in total. The van der Waals surface area contributed by atoms with Gasteiger partial charge in [-0.3, -0.25) is 4.90 Å². The lowest BCUT2D eigenvalue weighted by molar-refractivity contribution is 0.200. The van der Waals surface area contributed by atoms with Gasteiger partial charge in [-0.1, -0.05) is 59.8 Å². The molecule has 31 heavy (non-hydrogen) atoms. The first-order valence-corrected chi connectivity index (χ1v) is 10.3. The quantitative estimate of drug-likeness (QED) is 0.447. The Morgan fingerprint density at radius 1 is 0.968 bits per heavy atom. The van der Waals surface area contributed by atoms with Crippen molar-refractivity contribution in [3.63, 3.8) is 0 Å². The third-order valence-electron chi connectivity index (χ3n) is 5.52. The van der Waals surface area contributed by atoms with Crippen LogP contribution in [0.5, 0.6) is 5.75 Å². The molecular weight excluding hydrogens is 393 g/mol. The molecule has 0 saturated carbocycles. The van der Waals surface area contributed by atoms with E-state index in [0.29, 0.717) is 29.9 Å². The van der Waals surface area contributed by atoms with Gasteiger partial charge in [-0.25, -0.2) is 4.39 Å². The van der Waals surface area contributed by atoms with Gasteiger partial charge in [-0.15, -0.1) is 0 Å². The van der Waals surface area contributed by atoms with Crippen molar-refractivity contribution in [3.05, 3.63) is 113 Å². The summed E-state index contributed by atoms with van der Waals surface area (Å²) in [5, 5.41) is 4.02. The summed E-state index contributed by atoms with van der Waals surface area (Å²) < 4.78 is 24.1. The normalized spacial score (nSPS) is 16.1. The highest BCUT2D eigenvalue weighted by molar-refractivity contribution is 5.40. The Bertz CT molecular complexity index is 1140. The third kappa shape index (κ3) is 4.49. The highest BCUT2D eigenvalue weighted by Gasteiger charge is 2.27. The summed E-state index contributed by atoms with van der Waals surface area (Å²) >= 11 is 0. The van der Waals surface area contributed by atoms with E-state index in [4.69, 9.17) is 9.26 Å². The van der Waals surface area contributed by atoms with E-state index < -0.39 is 0 Å². The molecule has 1 atom stereocenters. The first kappa shape index (κ1) is 19.5. The Labute approximate surface area is 180 Å². The number of hydrogen-bond donors (Lipinski definition) is 0. The number of nitrogens with zero attached hydrogens (tertiary/aromatic N) is 3. The van der Waals surface area contributed by atoms with Crippen molar-refractivity contribution < 1.29 is 13.7 Å².